The Hall–Kier alpha value is -1.63. The topological polar surface area (TPSA) is 112 Å². The molecule has 3 N–H and O–H groups in total. The van der Waals surface area contributed by atoms with Gasteiger partial charge in [-0.15, -0.1) is 0 Å². The molecule has 0 bridgehead atoms. The van der Waals surface area contributed by atoms with Gasteiger partial charge in [-0.1, -0.05) is 84.0 Å². The van der Waals surface area contributed by atoms with Crippen molar-refractivity contribution in [1.82, 2.24) is 0 Å². The number of nitrogens with zero attached hydrogens (tertiary/aromatic N) is 1. The summed E-state index contributed by atoms with van der Waals surface area (Å²) in [6.07, 6.45) is 16.7. The van der Waals surface area contributed by atoms with E-state index in [4.69, 9.17) is 15.3 Å². The number of aliphatic carboxylic acids is 3. The predicted molar refractivity (Wildman–Crippen MR) is 113 cm³/mol. The molecule has 7 heteroatoms. The Labute approximate surface area is 175 Å². The van der Waals surface area contributed by atoms with Gasteiger partial charge in [0.15, 0.2) is 19.6 Å². The molecule has 0 aliphatic heterocycles. The minimum Gasteiger partial charge on any atom is -0.477 e. The van der Waals surface area contributed by atoms with Crippen molar-refractivity contribution in [3.8, 4) is 0 Å². The molecule has 0 unspecified atom stereocenters. The lowest BCUT2D eigenvalue weighted by molar-refractivity contribution is -0.907. The third-order valence-electron chi connectivity index (χ3n) is 5.40. The average molecular weight is 417 g/mol. The van der Waals surface area contributed by atoms with E-state index < -0.39 is 42.0 Å². The van der Waals surface area contributed by atoms with Gasteiger partial charge in [-0.3, -0.25) is 4.48 Å². The van der Waals surface area contributed by atoms with Crippen LogP contribution in [0, 0.1) is 0 Å². The molecule has 0 aromatic heterocycles. The van der Waals surface area contributed by atoms with Crippen LogP contribution in [0.15, 0.2) is 0 Å². The Kier molecular flexibility index (Phi) is 16.3. The average Bonchev–Trinajstić information content (AvgIpc) is 2.60. The minimum atomic E-state index is -1.17. The Balaban J connectivity index is 3.93. The molecule has 0 spiro atoms. The van der Waals surface area contributed by atoms with Crippen molar-refractivity contribution >= 4 is 17.9 Å². The van der Waals surface area contributed by atoms with Gasteiger partial charge in [0, 0.05) is 0 Å². The zero-order chi connectivity index (χ0) is 22.0. The smallest absolute Gasteiger partial charge is 0.359 e. The second-order valence-electron chi connectivity index (χ2n) is 8.32. The number of carbonyl (C=O) groups is 3. The van der Waals surface area contributed by atoms with Crippen molar-refractivity contribution in [2.45, 2.75) is 96.8 Å². The number of quaternary nitrogens is 1. The largest absolute Gasteiger partial charge is 0.477 e. The Morgan fingerprint density at radius 3 is 1.07 bits per heavy atom. The molecule has 0 fully saturated rings. The number of rotatable bonds is 21. The van der Waals surface area contributed by atoms with Crippen LogP contribution in [-0.4, -0.2) is 63.9 Å². The molecule has 0 heterocycles. The molecule has 0 aliphatic carbocycles. The molecule has 170 valence electrons. The molecule has 0 saturated carbocycles. The van der Waals surface area contributed by atoms with Gasteiger partial charge in [0.05, 0.1) is 6.54 Å². The summed E-state index contributed by atoms with van der Waals surface area (Å²) in [6, 6.07) is 0. The second kappa shape index (κ2) is 17.2. The van der Waals surface area contributed by atoms with E-state index in [0.29, 0.717) is 6.42 Å². The van der Waals surface area contributed by atoms with Crippen molar-refractivity contribution in [1.29, 1.82) is 0 Å². The first kappa shape index (κ1) is 27.4. The highest BCUT2D eigenvalue weighted by molar-refractivity contribution is 5.73. The van der Waals surface area contributed by atoms with Gasteiger partial charge in [0.2, 0.25) is 0 Å². The lowest BCUT2D eigenvalue weighted by atomic mass is 10.0. The first-order valence-electron chi connectivity index (χ1n) is 11.3. The zero-order valence-corrected chi connectivity index (χ0v) is 18.2. The van der Waals surface area contributed by atoms with Gasteiger partial charge in [-0.2, -0.15) is 0 Å². The highest BCUT2D eigenvalue weighted by Crippen LogP contribution is 2.15. The van der Waals surface area contributed by atoms with E-state index in [1.165, 1.54) is 64.2 Å². The lowest BCUT2D eigenvalue weighted by Gasteiger charge is -2.34. The molecule has 0 aliphatic rings. The minimum absolute atomic E-state index is 0.267. The Morgan fingerprint density at radius 1 is 0.517 bits per heavy atom. The zero-order valence-electron chi connectivity index (χ0n) is 18.2. The second-order valence-corrected chi connectivity index (χ2v) is 8.32. The van der Waals surface area contributed by atoms with Crippen molar-refractivity contribution in [3.05, 3.63) is 0 Å². The van der Waals surface area contributed by atoms with Gasteiger partial charge in [0.25, 0.3) is 0 Å². The Bertz CT molecular complexity index is 425. The molecule has 29 heavy (non-hydrogen) atoms. The molecule has 0 aromatic rings. The fraction of sp³-hybridized carbons (Fsp3) is 0.864. The summed E-state index contributed by atoms with van der Waals surface area (Å²) >= 11 is 0. The van der Waals surface area contributed by atoms with E-state index >= 15 is 0 Å². The summed E-state index contributed by atoms with van der Waals surface area (Å²) in [5, 5.41) is 27.3. The monoisotopic (exact) mass is 416 g/mol. The summed E-state index contributed by atoms with van der Waals surface area (Å²) in [5.74, 6) is -3.51. The van der Waals surface area contributed by atoms with Crippen LogP contribution in [0.25, 0.3) is 0 Å². The van der Waals surface area contributed by atoms with Crippen LogP contribution in [0.4, 0.5) is 0 Å². The summed E-state index contributed by atoms with van der Waals surface area (Å²) in [7, 11) is 0. The molecule has 0 rings (SSSR count). The van der Waals surface area contributed by atoms with Crippen LogP contribution in [0.1, 0.15) is 96.8 Å². The fourth-order valence-corrected chi connectivity index (χ4v) is 3.91. The highest BCUT2D eigenvalue weighted by Gasteiger charge is 2.35. The molecule has 0 radical (unpaired) electrons. The first-order chi connectivity index (χ1) is 13.8. The molecule has 0 aromatic carbocycles. The summed E-state index contributed by atoms with van der Waals surface area (Å²) in [5.41, 5.74) is 0. The summed E-state index contributed by atoms with van der Waals surface area (Å²) in [4.78, 5) is 33.4. The molecular formula is C22H42NO6+. The van der Waals surface area contributed by atoms with E-state index in [2.05, 4.69) is 6.92 Å². The van der Waals surface area contributed by atoms with Crippen molar-refractivity contribution < 1.29 is 34.2 Å². The standard InChI is InChI=1S/C22H41NO6/c1-2-3-4-5-6-7-8-9-10-11-12-13-14-15-16-23(17-20(24)25,18-21(26)27)19-22(28)29/h2-19H2,1H3,(H2-,24,25,26,27,28,29)/p+1. The van der Waals surface area contributed by atoms with E-state index in [9.17, 15) is 14.4 Å². The molecule has 0 amide bonds. The first-order valence-corrected chi connectivity index (χ1v) is 11.3. The number of hydrogen-bond donors (Lipinski definition) is 3. The number of hydrogen-bond acceptors (Lipinski definition) is 3. The summed E-state index contributed by atoms with van der Waals surface area (Å²) < 4.78 is -0.432. The fourth-order valence-electron chi connectivity index (χ4n) is 3.91. The van der Waals surface area contributed by atoms with Gasteiger partial charge in [0.1, 0.15) is 0 Å². The van der Waals surface area contributed by atoms with E-state index in [1.807, 2.05) is 0 Å². The van der Waals surface area contributed by atoms with Crippen molar-refractivity contribution in [3.63, 3.8) is 0 Å². The molecular weight excluding hydrogens is 374 g/mol. The van der Waals surface area contributed by atoms with Crippen LogP contribution < -0.4 is 0 Å². The van der Waals surface area contributed by atoms with Gasteiger partial charge in [-0.05, 0) is 12.8 Å². The van der Waals surface area contributed by atoms with Crippen LogP contribution in [0.3, 0.4) is 0 Å². The number of unbranched alkanes of at least 4 members (excludes halogenated alkanes) is 13. The van der Waals surface area contributed by atoms with E-state index in [1.54, 1.807) is 0 Å². The normalized spacial score (nSPS) is 11.5. The predicted octanol–water partition coefficient (Wildman–Crippen LogP) is 4.54. The highest BCUT2D eigenvalue weighted by atomic mass is 16.4. The number of carboxylic acids is 3. The van der Waals surface area contributed by atoms with Gasteiger partial charge < -0.3 is 15.3 Å². The maximum atomic E-state index is 11.1. The van der Waals surface area contributed by atoms with Crippen LogP contribution in [0.5, 0.6) is 0 Å². The third kappa shape index (κ3) is 17.0. The van der Waals surface area contributed by atoms with Crippen LogP contribution in [0.2, 0.25) is 0 Å². The SMILES string of the molecule is CCCCCCCCCCCCCCCC[N+](CC(=O)O)(CC(=O)O)CC(=O)O. The maximum absolute atomic E-state index is 11.1. The molecule has 7 nitrogen and oxygen atoms in total. The summed E-state index contributed by atoms with van der Waals surface area (Å²) in [6.45, 7) is 1.08. The number of carboxylic acid groups (broad SMARTS) is 3. The van der Waals surface area contributed by atoms with E-state index in [0.717, 1.165) is 19.3 Å². The maximum Gasteiger partial charge on any atom is 0.359 e. The quantitative estimate of drug-likeness (QED) is 0.187. The van der Waals surface area contributed by atoms with Gasteiger partial charge in [-0.25, -0.2) is 14.4 Å². The molecule has 0 saturated heterocycles. The lowest BCUT2D eigenvalue weighted by Crippen LogP contribution is -2.57. The van der Waals surface area contributed by atoms with Crippen LogP contribution >= 0.6 is 0 Å². The Morgan fingerprint density at radius 2 is 0.793 bits per heavy atom. The van der Waals surface area contributed by atoms with Crippen molar-refractivity contribution in [2.24, 2.45) is 0 Å². The third-order valence-corrected chi connectivity index (χ3v) is 5.40. The van der Waals surface area contributed by atoms with Crippen molar-refractivity contribution in [2.75, 3.05) is 26.2 Å². The van der Waals surface area contributed by atoms with Crippen LogP contribution in [-0.2, 0) is 14.4 Å². The van der Waals surface area contributed by atoms with Gasteiger partial charge >= 0.3 is 17.9 Å². The van der Waals surface area contributed by atoms with E-state index in [-0.39, 0.29) is 6.54 Å². The molecule has 0 atom stereocenters.